The average molecular weight is 410 g/mol. The second-order valence-electron chi connectivity index (χ2n) is 3.91. The van der Waals surface area contributed by atoms with Crippen molar-refractivity contribution in [3.8, 4) is 0 Å². The standard InChI is InChI=1S/C13H12Br2ClNS/c1-17-12(7-13-9(14)4-5-18-13)8-2-3-11(16)10(15)6-8/h2-6,12,17H,7H2,1H3. The molecule has 0 aliphatic carbocycles. The Morgan fingerprint density at radius 2 is 2.06 bits per heavy atom. The maximum absolute atomic E-state index is 6.02. The van der Waals surface area contributed by atoms with E-state index in [4.69, 9.17) is 11.6 Å². The van der Waals surface area contributed by atoms with Gasteiger partial charge in [-0.15, -0.1) is 11.3 Å². The van der Waals surface area contributed by atoms with Crippen LogP contribution in [0.25, 0.3) is 0 Å². The Hall–Kier alpha value is 0.130. The molecule has 0 fully saturated rings. The van der Waals surface area contributed by atoms with Crippen LogP contribution in [-0.2, 0) is 6.42 Å². The average Bonchev–Trinajstić information content (AvgIpc) is 2.75. The number of hydrogen-bond donors (Lipinski definition) is 1. The minimum atomic E-state index is 0.286. The number of nitrogens with one attached hydrogen (secondary N) is 1. The molecule has 0 saturated carbocycles. The van der Waals surface area contributed by atoms with Crippen LogP contribution in [0.4, 0.5) is 0 Å². The van der Waals surface area contributed by atoms with E-state index in [1.54, 1.807) is 11.3 Å². The lowest BCUT2D eigenvalue weighted by Gasteiger charge is -2.17. The van der Waals surface area contributed by atoms with E-state index in [1.165, 1.54) is 14.9 Å². The van der Waals surface area contributed by atoms with Crippen molar-refractivity contribution in [1.82, 2.24) is 5.32 Å². The molecular formula is C13H12Br2ClNS. The fourth-order valence-electron chi connectivity index (χ4n) is 1.77. The number of likely N-dealkylation sites (N-methyl/N-ethyl adjacent to an activating group) is 1. The summed E-state index contributed by atoms with van der Waals surface area (Å²) in [5, 5.41) is 6.20. The lowest BCUT2D eigenvalue weighted by molar-refractivity contribution is 0.595. The molecule has 0 radical (unpaired) electrons. The largest absolute Gasteiger partial charge is 0.313 e. The third-order valence-corrected chi connectivity index (χ3v) is 5.94. The molecule has 0 saturated heterocycles. The molecule has 1 atom stereocenters. The van der Waals surface area contributed by atoms with Crippen LogP contribution >= 0.6 is 54.8 Å². The van der Waals surface area contributed by atoms with Crippen molar-refractivity contribution in [2.45, 2.75) is 12.5 Å². The SMILES string of the molecule is CNC(Cc1sccc1Br)c1ccc(Cl)c(Br)c1. The molecule has 2 aromatic rings. The molecule has 96 valence electrons. The normalized spacial score (nSPS) is 12.7. The summed E-state index contributed by atoms with van der Waals surface area (Å²) in [6, 6.07) is 8.44. The highest BCUT2D eigenvalue weighted by Crippen LogP contribution is 2.31. The van der Waals surface area contributed by atoms with Crippen LogP contribution in [0.2, 0.25) is 5.02 Å². The molecule has 1 aromatic carbocycles. The van der Waals surface area contributed by atoms with Gasteiger partial charge in [0.25, 0.3) is 0 Å². The van der Waals surface area contributed by atoms with Crippen molar-refractivity contribution in [3.63, 3.8) is 0 Å². The molecule has 1 aromatic heterocycles. The molecule has 5 heteroatoms. The van der Waals surface area contributed by atoms with Crippen molar-refractivity contribution in [2.24, 2.45) is 0 Å². The molecule has 1 N–H and O–H groups in total. The van der Waals surface area contributed by atoms with Gasteiger partial charge in [0, 0.05) is 26.3 Å². The number of halogens is 3. The fourth-order valence-corrected chi connectivity index (χ4v) is 3.85. The fraction of sp³-hybridized carbons (Fsp3) is 0.231. The summed E-state index contributed by atoms with van der Waals surface area (Å²) in [5.41, 5.74) is 1.23. The van der Waals surface area contributed by atoms with Gasteiger partial charge < -0.3 is 5.32 Å². The van der Waals surface area contributed by atoms with Crippen molar-refractivity contribution in [3.05, 3.63) is 54.1 Å². The summed E-state index contributed by atoms with van der Waals surface area (Å²) >= 11 is 14.8. The highest BCUT2D eigenvalue weighted by Gasteiger charge is 2.14. The van der Waals surface area contributed by atoms with E-state index in [1.807, 2.05) is 13.1 Å². The van der Waals surface area contributed by atoms with Gasteiger partial charge >= 0.3 is 0 Å². The van der Waals surface area contributed by atoms with Crippen LogP contribution in [0.3, 0.4) is 0 Å². The van der Waals surface area contributed by atoms with Gasteiger partial charge in [-0.1, -0.05) is 17.7 Å². The van der Waals surface area contributed by atoms with E-state index in [0.29, 0.717) is 0 Å². The van der Waals surface area contributed by atoms with Gasteiger partial charge in [-0.05, 0) is 68.1 Å². The summed E-state index contributed by atoms with van der Waals surface area (Å²) in [5.74, 6) is 0. The monoisotopic (exact) mass is 407 g/mol. The van der Waals surface area contributed by atoms with E-state index < -0.39 is 0 Å². The van der Waals surface area contributed by atoms with Gasteiger partial charge in [-0.25, -0.2) is 0 Å². The zero-order chi connectivity index (χ0) is 13.1. The third-order valence-electron chi connectivity index (χ3n) is 2.78. The van der Waals surface area contributed by atoms with Crippen LogP contribution in [0.15, 0.2) is 38.6 Å². The van der Waals surface area contributed by atoms with Crippen molar-refractivity contribution in [1.29, 1.82) is 0 Å². The molecule has 18 heavy (non-hydrogen) atoms. The Labute approximate surface area is 133 Å². The first-order valence-corrected chi connectivity index (χ1v) is 8.30. The van der Waals surface area contributed by atoms with Gasteiger partial charge in [0.15, 0.2) is 0 Å². The highest BCUT2D eigenvalue weighted by molar-refractivity contribution is 9.10. The highest BCUT2D eigenvalue weighted by atomic mass is 79.9. The molecule has 0 amide bonds. The van der Waals surface area contributed by atoms with Crippen molar-refractivity contribution < 1.29 is 0 Å². The first kappa shape index (κ1) is 14.5. The molecule has 1 nitrogen and oxygen atoms in total. The lowest BCUT2D eigenvalue weighted by Crippen LogP contribution is -2.18. The summed E-state index contributed by atoms with van der Waals surface area (Å²) in [4.78, 5) is 1.35. The second-order valence-corrected chi connectivity index (χ2v) is 7.03. The smallest absolute Gasteiger partial charge is 0.0548 e. The third kappa shape index (κ3) is 3.36. The van der Waals surface area contributed by atoms with Crippen molar-refractivity contribution in [2.75, 3.05) is 7.05 Å². The first-order valence-electron chi connectivity index (χ1n) is 5.46. The molecule has 0 aliphatic rings. The Kier molecular flexibility index (Phi) is 5.27. The van der Waals surface area contributed by atoms with E-state index >= 15 is 0 Å². The minimum Gasteiger partial charge on any atom is -0.313 e. The van der Waals surface area contributed by atoms with E-state index in [-0.39, 0.29) is 6.04 Å². The Bertz CT molecular complexity index is 542. The van der Waals surface area contributed by atoms with Crippen molar-refractivity contribution >= 4 is 54.8 Å². The zero-order valence-corrected chi connectivity index (χ0v) is 14.5. The van der Waals surface area contributed by atoms with Gasteiger partial charge in [0.05, 0.1) is 5.02 Å². The molecule has 0 spiro atoms. The summed E-state index contributed by atoms with van der Waals surface area (Å²) in [6.07, 6.45) is 0.961. The molecule has 0 bridgehead atoms. The van der Waals surface area contributed by atoms with Crippen LogP contribution in [0.1, 0.15) is 16.5 Å². The van der Waals surface area contributed by atoms with Crippen LogP contribution < -0.4 is 5.32 Å². The Balaban J connectivity index is 2.23. The maximum Gasteiger partial charge on any atom is 0.0548 e. The maximum atomic E-state index is 6.02. The van der Waals surface area contributed by atoms with Gasteiger partial charge in [-0.3, -0.25) is 0 Å². The molecule has 1 heterocycles. The molecular weight excluding hydrogens is 397 g/mol. The van der Waals surface area contributed by atoms with E-state index in [0.717, 1.165) is 15.9 Å². The molecule has 2 rings (SSSR count). The zero-order valence-electron chi connectivity index (χ0n) is 9.71. The predicted molar refractivity (Wildman–Crippen MR) is 86.7 cm³/mol. The quantitative estimate of drug-likeness (QED) is 0.710. The van der Waals surface area contributed by atoms with Gasteiger partial charge in [0.1, 0.15) is 0 Å². The molecule has 0 aliphatic heterocycles. The lowest BCUT2D eigenvalue weighted by atomic mass is 10.0. The van der Waals surface area contributed by atoms with Gasteiger partial charge in [0.2, 0.25) is 0 Å². The van der Waals surface area contributed by atoms with E-state index in [9.17, 15) is 0 Å². The Morgan fingerprint density at radius 3 is 2.61 bits per heavy atom. The van der Waals surface area contributed by atoms with Gasteiger partial charge in [-0.2, -0.15) is 0 Å². The number of rotatable bonds is 4. The Morgan fingerprint density at radius 1 is 1.28 bits per heavy atom. The predicted octanol–water partition coefficient (Wildman–Crippen LogP) is 5.43. The summed E-state index contributed by atoms with van der Waals surface area (Å²) in [7, 11) is 1.98. The van der Waals surface area contributed by atoms with E-state index in [2.05, 4.69) is 60.8 Å². The number of hydrogen-bond acceptors (Lipinski definition) is 2. The number of benzene rings is 1. The number of thiophene rings is 1. The minimum absolute atomic E-state index is 0.286. The second kappa shape index (κ2) is 6.53. The summed E-state index contributed by atoms with van der Waals surface area (Å²) in [6.45, 7) is 0. The topological polar surface area (TPSA) is 12.0 Å². The molecule has 1 unspecified atom stereocenters. The van der Waals surface area contributed by atoms with Crippen LogP contribution in [0, 0.1) is 0 Å². The van der Waals surface area contributed by atoms with Crippen LogP contribution in [0.5, 0.6) is 0 Å². The van der Waals surface area contributed by atoms with Crippen LogP contribution in [-0.4, -0.2) is 7.05 Å². The summed E-state index contributed by atoms with van der Waals surface area (Å²) < 4.78 is 2.12. The first-order chi connectivity index (χ1) is 8.61.